The summed E-state index contributed by atoms with van der Waals surface area (Å²) in [6.45, 7) is 10.4. The van der Waals surface area contributed by atoms with Crippen molar-refractivity contribution in [1.82, 2.24) is 9.80 Å². The van der Waals surface area contributed by atoms with Crippen LogP contribution in [0.3, 0.4) is 0 Å². The van der Waals surface area contributed by atoms with Gasteiger partial charge in [0.15, 0.2) is 0 Å². The Kier molecular flexibility index (Phi) is 9.99. The molecule has 0 unspecified atom stereocenters. The van der Waals surface area contributed by atoms with E-state index in [1.54, 1.807) is 30.0 Å². The molecule has 0 aromatic heterocycles. The normalized spacial score (nSPS) is 12.2. The SMILES string of the molecule is CCCCCCN(C)C(=O)Oc1cccc(C[C@@H](C)N(C)C(=O)OC(C)(C)C)c1. The van der Waals surface area contributed by atoms with E-state index in [0.29, 0.717) is 18.7 Å². The molecule has 6 heteroatoms. The molecular weight excluding hydrogens is 368 g/mol. The van der Waals surface area contributed by atoms with Crippen LogP contribution in [0.4, 0.5) is 9.59 Å². The van der Waals surface area contributed by atoms with Gasteiger partial charge in [0, 0.05) is 26.7 Å². The fourth-order valence-electron chi connectivity index (χ4n) is 2.77. The van der Waals surface area contributed by atoms with Crippen LogP contribution in [0.25, 0.3) is 0 Å². The number of carbonyl (C=O) groups is 2. The molecule has 0 radical (unpaired) electrons. The second kappa shape index (κ2) is 11.7. The molecule has 0 spiro atoms. The molecule has 1 rings (SSSR count). The molecule has 2 amide bonds. The molecule has 1 aromatic carbocycles. The summed E-state index contributed by atoms with van der Waals surface area (Å²) in [7, 11) is 3.49. The lowest BCUT2D eigenvalue weighted by Crippen LogP contribution is -2.40. The predicted molar refractivity (Wildman–Crippen MR) is 116 cm³/mol. The Balaban J connectivity index is 2.61. The van der Waals surface area contributed by atoms with Crippen molar-refractivity contribution >= 4 is 12.2 Å². The van der Waals surface area contributed by atoms with Crippen LogP contribution in [-0.2, 0) is 11.2 Å². The van der Waals surface area contributed by atoms with Crippen LogP contribution < -0.4 is 4.74 Å². The first kappa shape index (κ1) is 24.8. The molecule has 0 bridgehead atoms. The van der Waals surface area contributed by atoms with E-state index in [1.165, 1.54) is 12.8 Å². The van der Waals surface area contributed by atoms with Crippen LogP contribution >= 0.6 is 0 Å². The van der Waals surface area contributed by atoms with Crippen molar-refractivity contribution in [1.29, 1.82) is 0 Å². The van der Waals surface area contributed by atoms with Gasteiger partial charge in [-0.2, -0.15) is 0 Å². The minimum absolute atomic E-state index is 0.0583. The molecule has 6 nitrogen and oxygen atoms in total. The van der Waals surface area contributed by atoms with Crippen molar-refractivity contribution in [2.24, 2.45) is 0 Å². The summed E-state index contributed by atoms with van der Waals surface area (Å²) in [6, 6.07) is 7.39. The molecule has 0 N–H and O–H groups in total. The largest absolute Gasteiger partial charge is 0.444 e. The molecule has 0 saturated carbocycles. The third-order valence-electron chi connectivity index (χ3n) is 4.64. The highest BCUT2D eigenvalue weighted by Gasteiger charge is 2.23. The quantitative estimate of drug-likeness (QED) is 0.508. The fraction of sp³-hybridized carbons (Fsp3) is 0.652. The molecule has 1 aromatic rings. The maximum atomic E-state index is 12.3. The van der Waals surface area contributed by atoms with Gasteiger partial charge in [0.2, 0.25) is 0 Å². The van der Waals surface area contributed by atoms with Crippen LogP contribution in [-0.4, -0.2) is 54.3 Å². The molecule has 0 heterocycles. The van der Waals surface area contributed by atoms with E-state index in [0.717, 1.165) is 18.4 Å². The summed E-state index contributed by atoms with van der Waals surface area (Å²) in [5.41, 5.74) is 0.464. The van der Waals surface area contributed by atoms with Gasteiger partial charge >= 0.3 is 12.2 Å². The summed E-state index contributed by atoms with van der Waals surface area (Å²) in [6.07, 6.45) is 4.38. The zero-order valence-corrected chi connectivity index (χ0v) is 19.2. The van der Waals surface area contributed by atoms with Crippen LogP contribution in [0, 0.1) is 0 Å². The van der Waals surface area contributed by atoms with Crippen LogP contribution in [0.15, 0.2) is 24.3 Å². The van der Waals surface area contributed by atoms with E-state index in [-0.39, 0.29) is 18.2 Å². The zero-order valence-electron chi connectivity index (χ0n) is 19.2. The Morgan fingerprint density at radius 2 is 1.76 bits per heavy atom. The van der Waals surface area contributed by atoms with E-state index in [2.05, 4.69) is 6.92 Å². The van der Waals surface area contributed by atoms with E-state index in [1.807, 2.05) is 45.9 Å². The van der Waals surface area contributed by atoms with Crippen molar-refractivity contribution in [3.63, 3.8) is 0 Å². The number of benzene rings is 1. The summed E-state index contributed by atoms with van der Waals surface area (Å²) >= 11 is 0. The molecular formula is C23H38N2O4. The number of hydrogen-bond donors (Lipinski definition) is 0. The molecule has 0 aliphatic rings. The highest BCUT2D eigenvalue weighted by atomic mass is 16.6. The second-order valence-corrected chi connectivity index (χ2v) is 8.64. The number of amides is 2. The van der Waals surface area contributed by atoms with Gasteiger partial charge in [-0.15, -0.1) is 0 Å². The molecule has 0 saturated heterocycles. The highest BCUT2D eigenvalue weighted by Crippen LogP contribution is 2.18. The minimum atomic E-state index is -0.526. The predicted octanol–water partition coefficient (Wildman–Crippen LogP) is 5.50. The van der Waals surface area contributed by atoms with Crippen molar-refractivity contribution in [2.45, 2.75) is 78.4 Å². The Bertz CT molecular complexity index is 655. The summed E-state index contributed by atoms with van der Waals surface area (Å²) in [5.74, 6) is 0.514. The highest BCUT2D eigenvalue weighted by molar-refractivity contribution is 5.70. The van der Waals surface area contributed by atoms with Crippen molar-refractivity contribution < 1.29 is 19.1 Å². The maximum Gasteiger partial charge on any atom is 0.414 e. The standard InChI is InChI=1S/C23H38N2O4/c1-8-9-10-11-15-24(6)21(26)28-20-14-12-13-19(17-20)16-18(2)25(7)22(27)29-23(3,4)5/h12-14,17-18H,8-11,15-16H2,1-7H3/t18-/m1/s1. The molecule has 0 aliphatic heterocycles. The third-order valence-corrected chi connectivity index (χ3v) is 4.64. The maximum absolute atomic E-state index is 12.3. The van der Waals surface area contributed by atoms with E-state index < -0.39 is 5.60 Å². The van der Waals surface area contributed by atoms with Gasteiger partial charge in [-0.25, -0.2) is 9.59 Å². The first-order valence-corrected chi connectivity index (χ1v) is 10.5. The number of rotatable bonds is 9. The zero-order chi connectivity index (χ0) is 22.0. The van der Waals surface area contributed by atoms with Gasteiger partial charge < -0.3 is 19.3 Å². The number of ether oxygens (including phenoxy) is 2. The first-order chi connectivity index (χ1) is 13.5. The Morgan fingerprint density at radius 3 is 2.38 bits per heavy atom. The van der Waals surface area contributed by atoms with Crippen LogP contribution in [0.1, 0.15) is 65.9 Å². The molecule has 0 aliphatic carbocycles. The van der Waals surface area contributed by atoms with Crippen molar-refractivity contribution in [3.05, 3.63) is 29.8 Å². The summed E-state index contributed by atoms with van der Waals surface area (Å²) in [5, 5.41) is 0. The van der Waals surface area contributed by atoms with Crippen LogP contribution in [0.2, 0.25) is 0 Å². The number of nitrogens with zero attached hydrogens (tertiary/aromatic N) is 2. The molecule has 1 atom stereocenters. The Morgan fingerprint density at radius 1 is 1.07 bits per heavy atom. The van der Waals surface area contributed by atoms with Gasteiger partial charge in [0.1, 0.15) is 11.4 Å². The monoisotopic (exact) mass is 406 g/mol. The lowest BCUT2D eigenvalue weighted by Gasteiger charge is -2.28. The lowest BCUT2D eigenvalue weighted by atomic mass is 10.1. The smallest absolute Gasteiger partial charge is 0.414 e. The van der Waals surface area contributed by atoms with Gasteiger partial charge in [-0.1, -0.05) is 38.3 Å². The van der Waals surface area contributed by atoms with Gasteiger partial charge in [-0.3, -0.25) is 0 Å². The first-order valence-electron chi connectivity index (χ1n) is 10.5. The van der Waals surface area contributed by atoms with Gasteiger partial charge in [-0.05, 0) is 58.2 Å². The molecule has 0 fully saturated rings. The fourth-order valence-corrected chi connectivity index (χ4v) is 2.77. The van der Waals surface area contributed by atoms with E-state index in [4.69, 9.17) is 9.47 Å². The molecule has 164 valence electrons. The lowest BCUT2D eigenvalue weighted by molar-refractivity contribution is 0.0236. The van der Waals surface area contributed by atoms with E-state index >= 15 is 0 Å². The van der Waals surface area contributed by atoms with Crippen molar-refractivity contribution in [3.8, 4) is 5.75 Å². The second-order valence-electron chi connectivity index (χ2n) is 8.64. The summed E-state index contributed by atoms with van der Waals surface area (Å²) in [4.78, 5) is 27.7. The number of likely N-dealkylation sites (N-methyl/N-ethyl adjacent to an activating group) is 1. The Labute approximate surface area is 176 Å². The number of unbranched alkanes of at least 4 members (excludes halogenated alkanes) is 3. The number of hydrogen-bond acceptors (Lipinski definition) is 4. The summed E-state index contributed by atoms with van der Waals surface area (Å²) < 4.78 is 10.9. The topological polar surface area (TPSA) is 59.1 Å². The van der Waals surface area contributed by atoms with Crippen LogP contribution in [0.5, 0.6) is 5.75 Å². The minimum Gasteiger partial charge on any atom is -0.444 e. The average molecular weight is 407 g/mol. The Hall–Kier alpha value is -2.24. The van der Waals surface area contributed by atoms with E-state index in [9.17, 15) is 9.59 Å². The molecule has 29 heavy (non-hydrogen) atoms. The average Bonchev–Trinajstić information content (AvgIpc) is 2.63. The van der Waals surface area contributed by atoms with Gasteiger partial charge in [0.05, 0.1) is 0 Å². The van der Waals surface area contributed by atoms with Gasteiger partial charge in [0.25, 0.3) is 0 Å². The number of carbonyl (C=O) groups excluding carboxylic acids is 2. The van der Waals surface area contributed by atoms with Crippen molar-refractivity contribution in [2.75, 3.05) is 20.6 Å². The third kappa shape index (κ3) is 9.68.